The summed E-state index contributed by atoms with van der Waals surface area (Å²) >= 11 is 0. The quantitative estimate of drug-likeness (QED) is 0.892. The van der Waals surface area contributed by atoms with Crippen LogP contribution in [0.1, 0.15) is 48.5 Å². The van der Waals surface area contributed by atoms with Gasteiger partial charge in [-0.15, -0.1) is 0 Å². The third kappa shape index (κ3) is 3.45. The summed E-state index contributed by atoms with van der Waals surface area (Å²) in [4.78, 5) is 16.5. The Hall–Kier alpha value is -2.30. The minimum Gasteiger partial charge on any atom is -0.352 e. The molecule has 5 heteroatoms. The van der Waals surface area contributed by atoms with E-state index in [4.69, 9.17) is 0 Å². The van der Waals surface area contributed by atoms with Gasteiger partial charge in [-0.3, -0.25) is 9.78 Å². The third-order valence-electron chi connectivity index (χ3n) is 4.26. The Bertz CT molecular complexity index is 799. The number of hydrogen-bond acceptors (Lipinski definition) is 2. The van der Waals surface area contributed by atoms with E-state index in [-0.39, 0.29) is 18.7 Å². The van der Waals surface area contributed by atoms with Crippen LogP contribution in [0.15, 0.2) is 36.5 Å². The molecule has 1 N–H and O–H groups in total. The number of para-hydroxylation sites is 1. The molecule has 3 nitrogen and oxygen atoms in total. The van der Waals surface area contributed by atoms with Crippen molar-refractivity contribution in [3.05, 3.63) is 47.7 Å². The van der Waals surface area contributed by atoms with Crippen LogP contribution >= 0.6 is 0 Å². The van der Waals surface area contributed by atoms with Crippen LogP contribution in [0.5, 0.6) is 0 Å². The predicted octanol–water partition coefficient (Wildman–Crippen LogP) is 4.58. The second kappa shape index (κ2) is 6.67. The number of nitrogens with one attached hydrogen (secondary N) is 1. The number of hydrogen-bond donors (Lipinski definition) is 1. The van der Waals surface area contributed by atoms with E-state index in [1.807, 2.05) is 25.1 Å². The number of alkyl halides is 2. The number of halogens is 2. The Morgan fingerprint density at radius 2 is 2.21 bits per heavy atom. The molecule has 126 valence electrons. The van der Waals surface area contributed by atoms with Crippen molar-refractivity contribution in [1.82, 2.24) is 10.3 Å². The van der Waals surface area contributed by atoms with Crippen molar-refractivity contribution >= 4 is 22.4 Å². The molecule has 1 aromatic heterocycles. The van der Waals surface area contributed by atoms with Crippen LogP contribution in [0, 0.1) is 0 Å². The smallest absolute Gasteiger partial charge is 0.252 e. The number of allylic oxidation sites excluding steroid dienone is 2. The Kier molecular flexibility index (Phi) is 4.60. The summed E-state index contributed by atoms with van der Waals surface area (Å²) in [6, 6.07) is 7.47. The minimum atomic E-state index is -2.61. The van der Waals surface area contributed by atoms with Gasteiger partial charge in [-0.25, -0.2) is 8.78 Å². The summed E-state index contributed by atoms with van der Waals surface area (Å²) < 4.78 is 26.7. The van der Waals surface area contributed by atoms with Gasteiger partial charge in [0.2, 0.25) is 0 Å². The number of pyridine rings is 1. The Balaban J connectivity index is 1.94. The Morgan fingerprint density at radius 3 is 2.92 bits per heavy atom. The molecule has 1 amide bonds. The lowest BCUT2D eigenvalue weighted by molar-refractivity contribution is -0.00602. The van der Waals surface area contributed by atoms with E-state index in [9.17, 15) is 13.6 Å². The van der Waals surface area contributed by atoms with Crippen LogP contribution in [0.3, 0.4) is 0 Å². The first-order chi connectivity index (χ1) is 11.5. The molecule has 1 aliphatic rings. The third-order valence-corrected chi connectivity index (χ3v) is 4.26. The van der Waals surface area contributed by atoms with E-state index in [0.29, 0.717) is 18.5 Å². The van der Waals surface area contributed by atoms with Crippen molar-refractivity contribution in [1.29, 1.82) is 0 Å². The predicted molar refractivity (Wildman–Crippen MR) is 91.1 cm³/mol. The largest absolute Gasteiger partial charge is 0.352 e. The lowest BCUT2D eigenvalue weighted by atomic mass is 9.90. The molecule has 2 aromatic rings. The molecular formula is C19H20F2N2O. The lowest BCUT2D eigenvalue weighted by Crippen LogP contribution is -2.24. The average Bonchev–Trinajstić information content (AvgIpc) is 2.59. The summed E-state index contributed by atoms with van der Waals surface area (Å²) in [5.74, 6) is -2.75. The van der Waals surface area contributed by atoms with Crippen LogP contribution in [-0.2, 0) is 0 Å². The number of aromatic nitrogens is 1. The molecule has 0 aliphatic heterocycles. The maximum atomic E-state index is 13.3. The van der Waals surface area contributed by atoms with E-state index in [1.54, 1.807) is 18.3 Å². The molecule has 1 aromatic carbocycles. The standard InChI is InChI=1S/C19H20F2N2O/c1-2-10-22-18(24)15-11-14-4-3-5-16(17(14)23-12-15)13-6-8-19(20,21)9-7-13/h3-6,11-12H,2,7-10H2,1H3,(H,22,24). The van der Waals surface area contributed by atoms with E-state index < -0.39 is 5.92 Å². The van der Waals surface area contributed by atoms with Gasteiger partial charge in [-0.1, -0.05) is 31.2 Å². The zero-order valence-electron chi connectivity index (χ0n) is 13.6. The molecule has 24 heavy (non-hydrogen) atoms. The highest BCUT2D eigenvalue weighted by molar-refractivity contribution is 5.99. The van der Waals surface area contributed by atoms with Gasteiger partial charge in [0.05, 0.1) is 11.1 Å². The number of carbonyl (C=O) groups excluding carboxylic acids is 1. The zero-order valence-corrected chi connectivity index (χ0v) is 13.6. The molecule has 0 bridgehead atoms. The zero-order chi connectivity index (χ0) is 17.2. The summed E-state index contributed by atoms with van der Waals surface area (Å²) in [5.41, 5.74) is 3.05. The van der Waals surface area contributed by atoms with Gasteiger partial charge in [0.15, 0.2) is 0 Å². The maximum Gasteiger partial charge on any atom is 0.252 e. The second-order valence-electron chi connectivity index (χ2n) is 6.15. The Morgan fingerprint density at radius 1 is 1.38 bits per heavy atom. The molecule has 3 rings (SSSR count). The molecule has 0 fully saturated rings. The number of benzene rings is 1. The van der Waals surface area contributed by atoms with Gasteiger partial charge in [0.1, 0.15) is 0 Å². The molecule has 1 heterocycles. The fourth-order valence-corrected chi connectivity index (χ4v) is 2.92. The molecule has 0 unspecified atom stereocenters. The first-order valence-corrected chi connectivity index (χ1v) is 8.24. The summed E-state index contributed by atoms with van der Waals surface area (Å²) in [6.45, 7) is 2.62. The normalized spacial score (nSPS) is 16.7. The van der Waals surface area contributed by atoms with Crippen molar-refractivity contribution in [2.24, 2.45) is 0 Å². The van der Waals surface area contributed by atoms with E-state index in [0.717, 1.165) is 28.5 Å². The number of nitrogens with zero attached hydrogens (tertiary/aromatic N) is 1. The molecule has 0 radical (unpaired) electrons. The van der Waals surface area contributed by atoms with Gasteiger partial charge in [0, 0.05) is 36.5 Å². The van der Waals surface area contributed by atoms with Gasteiger partial charge in [-0.2, -0.15) is 0 Å². The van der Waals surface area contributed by atoms with Crippen molar-refractivity contribution in [3.8, 4) is 0 Å². The van der Waals surface area contributed by atoms with E-state index in [1.165, 1.54) is 0 Å². The Labute approximate surface area is 139 Å². The lowest BCUT2D eigenvalue weighted by Gasteiger charge is -2.22. The summed E-state index contributed by atoms with van der Waals surface area (Å²) in [7, 11) is 0. The van der Waals surface area contributed by atoms with Crippen LogP contribution < -0.4 is 5.32 Å². The minimum absolute atomic E-state index is 0.132. The van der Waals surface area contributed by atoms with E-state index in [2.05, 4.69) is 10.3 Å². The topological polar surface area (TPSA) is 42.0 Å². The summed E-state index contributed by atoms with van der Waals surface area (Å²) in [6.07, 6.45) is 4.02. The molecule has 0 saturated heterocycles. The molecule has 1 aliphatic carbocycles. The second-order valence-corrected chi connectivity index (χ2v) is 6.15. The van der Waals surface area contributed by atoms with Gasteiger partial charge in [-0.05, 0) is 24.5 Å². The number of amides is 1. The fraction of sp³-hybridized carbons (Fsp3) is 0.368. The molecule has 0 saturated carbocycles. The van der Waals surface area contributed by atoms with Crippen LogP contribution in [0.4, 0.5) is 8.78 Å². The van der Waals surface area contributed by atoms with Crippen molar-refractivity contribution in [2.75, 3.05) is 6.54 Å². The fourth-order valence-electron chi connectivity index (χ4n) is 2.92. The maximum absolute atomic E-state index is 13.3. The van der Waals surface area contributed by atoms with Crippen LogP contribution in [-0.4, -0.2) is 23.4 Å². The van der Waals surface area contributed by atoms with Crippen molar-refractivity contribution in [2.45, 2.75) is 38.5 Å². The van der Waals surface area contributed by atoms with Gasteiger partial charge in [0.25, 0.3) is 11.8 Å². The van der Waals surface area contributed by atoms with Gasteiger partial charge < -0.3 is 5.32 Å². The first-order valence-electron chi connectivity index (χ1n) is 8.24. The number of carbonyl (C=O) groups is 1. The SMILES string of the molecule is CCCNC(=O)c1cnc2c(C3=CCC(F)(F)CC3)cccc2c1. The van der Waals surface area contributed by atoms with Gasteiger partial charge >= 0.3 is 0 Å². The van der Waals surface area contributed by atoms with E-state index >= 15 is 0 Å². The highest BCUT2D eigenvalue weighted by Crippen LogP contribution is 2.37. The first kappa shape index (κ1) is 16.6. The van der Waals surface area contributed by atoms with Crippen molar-refractivity contribution in [3.63, 3.8) is 0 Å². The molecule has 0 atom stereocenters. The monoisotopic (exact) mass is 330 g/mol. The molecular weight excluding hydrogens is 310 g/mol. The number of fused-ring (bicyclic) bond motifs is 1. The summed E-state index contributed by atoms with van der Waals surface area (Å²) in [5, 5.41) is 3.67. The van der Waals surface area contributed by atoms with Crippen LogP contribution in [0.25, 0.3) is 16.5 Å². The number of rotatable bonds is 4. The molecule has 0 spiro atoms. The van der Waals surface area contributed by atoms with Crippen molar-refractivity contribution < 1.29 is 13.6 Å². The van der Waals surface area contributed by atoms with Crippen LogP contribution in [0.2, 0.25) is 0 Å². The highest BCUT2D eigenvalue weighted by Gasteiger charge is 2.31. The highest BCUT2D eigenvalue weighted by atomic mass is 19.3. The average molecular weight is 330 g/mol.